The van der Waals surface area contributed by atoms with E-state index < -0.39 is 0 Å². The monoisotopic (exact) mass is 428 g/mol. The highest BCUT2D eigenvalue weighted by Crippen LogP contribution is 2.34. The highest BCUT2D eigenvalue weighted by molar-refractivity contribution is 6.07. The summed E-state index contributed by atoms with van der Waals surface area (Å²) >= 11 is 0. The molecule has 0 atom stereocenters. The maximum Gasteiger partial charge on any atom is 0.217 e. The van der Waals surface area contributed by atoms with Gasteiger partial charge < -0.3 is 22.0 Å². The number of para-hydroxylation sites is 1. The molecule has 0 N–H and O–H groups in total. The van der Waals surface area contributed by atoms with Crippen molar-refractivity contribution in [3.63, 3.8) is 0 Å². The second-order valence-electron chi connectivity index (χ2n) is 7.15. The minimum Gasteiger partial charge on any atom is -1.00 e. The third kappa shape index (κ3) is 4.64. The van der Waals surface area contributed by atoms with E-state index in [1.807, 2.05) is 0 Å². The van der Waals surface area contributed by atoms with E-state index in [-0.39, 0.29) is 24.8 Å². The van der Waals surface area contributed by atoms with E-state index in [0.717, 1.165) is 12.3 Å². The topological polar surface area (TPSA) is 16.4 Å². The molecule has 0 fully saturated rings. The number of nitrogens with zero attached hydrogens (tertiary/aromatic N) is 2. The summed E-state index contributed by atoms with van der Waals surface area (Å²) in [6.07, 6.45) is 0. The van der Waals surface area contributed by atoms with Gasteiger partial charge in [-0.15, -0.1) is 12.4 Å². The van der Waals surface area contributed by atoms with Crippen LogP contribution in [-0.4, -0.2) is 32.1 Å². The summed E-state index contributed by atoms with van der Waals surface area (Å²) < 4.78 is 8.24. The molecule has 0 bridgehead atoms. The number of likely N-dealkylation sites (N-methyl/N-ethyl adjacent to an activating group) is 1. The lowest BCUT2D eigenvalue weighted by atomic mass is 9.96. The van der Waals surface area contributed by atoms with Crippen LogP contribution >= 0.6 is 12.4 Å². The second-order valence-corrected chi connectivity index (χ2v) is 7.15. The van der Waals surface area contributed by atoms with Gasteiger partial charge >= 0.3 is 0 Å². The summed E-state index contributed by atoms with van der Waals surface area (Å²) in [4.78, 5) is 2.13. The number of hydrogen-bond acceptors (Lipinski definition) is 2. The van der Waals surface area contributed by atoms with Crippen molar-refractivity contribution in [1.29, 1.82) is 0 Å². The molecule has 0 aliphatic carbocycles. The van der Waals surface area contributed by atoms with Crippen LogP contribution in [0.4, 0.5) is 0 Å². The Morgan fingerprint density at radius 3 is 2.21 bits per heavy atom. The average molecular weight is 429 g/mol. The predicted octanol–water partition coefficient (Wildman–Crippen LogP) is 1.85. The number of pyridine rings is 1. The highest BCUT2D eigenvalue weighted by Gasteiger charge is 2.19. The Morgan fingerprint density at radius 2 is 1.48 bits per heavy atom. The fraction of sp³-hybridized carbons (Fsp3) is 0.208. The Labute approximate surface area is 184 Å². The van der Waals surface area contributed by atoms with Gasteiger partial charge in [-0.3, -0.25) is 0 Å². The van der Waals surface area contributed by atoms with Crippen molar-refractivity contribution in [2.45, 2.75) is 0 Å². The molecule has 0 saturated heterocycles. The molecule has 0 saturated carbocycles. The van der Waals surface area contributed by atoms with Gasteiger partial charge in [-0.05, 0) is 37.9 Å². The van der Waals surface area contributed by atoms with E-state index in [0.29, 0.717) is 6.61 Å². The molecule has 0 aliphatic rings. The van der Waals surface area contributed by atoms with Gasteiger partial charge in [0.25, 0.3) is 0 Å². The van der Waals surface area contributed by atoms with E-state index in [9.17, 15) is 0 Å². The Bertz CT molecular complexity index is 1100. The summed E-state index contributed by atoms with van der Waals surface area (Å²) in [6, 6.07) is 25.7. The van der Waals surface area contributed by atoms with Crippen LogP contribution in [0, 0.1) is 0 Å². The summed E-state index contributed by atoms with van der Waals surface area (Å²) in [7, 11) is 6.24. The van der Waals surface area contributed by atoms with Crippen molar-refractivity contribution >= 4 is 34.2 Å². The summed E-state index contributed by atoms with van der Waals surface area (Å²) in [5, 5.41) is 2.50. The molecular formula is C24H26Cl2N2O. The SMILES string of the molecule is CN(C)CCOc1ccc2c(-c3ccccc3)c3ccccc3[n+](C)c2c1.Cl.[Cl-]. The quantitative estimate of drug-likeness (QED) is 0.356. The highest BCUT2D eigenvalue weighted by atomic mass is 35.5. The number of halogens is 2. The third-order valence-corrected chi connectivity index (χ3v) is 5.00. The van der Waals surface area contributed by atoms with Crippen molar-refractivity contribution < 1.29 is 21.7 Å². The van der Waals surface area contributed by atoms with Crippen molar-refractivity contribution in [1.82, 2.24) is 4.90 Å². The summed E-state index contributed by atoms with van der Waals surface area (Å²) in [6.45, 7) is 1.58. The van der Waals surface area contributed by atoms with Gasteiger partial charge in [-0.1, -0.05) is 42.5 Å². The molecule has 29 heavy (non-hydrogen) atoms. The zero-order chi connectivity index (χ0) is 18.8. The van der Waals surface area contributed by atoms with E-state index >= 15 is 0 Å². The minimum absolute atomic E-state index is 0. The number of aromatic nitrogens is 1. The first-order valence-corrected chi connectivity index (χ1v) is 9.32. The van der Waals surface area contributed by atoms with Gasteiger partial charge in [0.2, 0.25) is 11.0 Å². The first-order chi connectivity index (χ1) is 13.1. The Hall–Kier alpha value is -2.33. The number of rotatable bonds is 5. The number of benzene rings is 3. The second kappa shape index (κ2) is 9.93. The van der Waals surface area contributed by atoms with Crippen LogP contribution in [-0.2, 0) is 7.05 Å². The van der Waals surface area contributed by atoms with Crippen LogP contribution in [0.1, 0.15) is 0 Å². The van der Waals surface area contributed by atoms with Gasteiger partial charge in [0, 0.05) is 18.2 Å². The van der Waals surface area contributed by atoms with Crippen LogP contribution in [0.2, 0.25) is 0 Å². The molecule has 4 rings (SSSR count). The lowest BCUT2D eigenvalue weighted by Crippen LogP contribution is -3.00. The van der Waals surface area contributed by atoms with Gasteiger partial charge in [0.15, 0.2) is 0 Å². The fourth-order valence-electron chi connectivity index (χ4n) is 3.60. The van der Waals surface area contributed by atoms with Crippen LogP contribution in [0.15, 0.2) is 72.8 Å². The molecule has 5 heteroatoms. The molecule has 4 aromatic rings. The molecule has 0 radical (unpaired) electrons. The maximum atomic E-state index is 5.98. The number of hydrogen-bond donors (Lipinski definition) is 0. The number of aryl methyl sites for hydroxylation is 1. The maximum absolute atomic E-state index is 5.98. The van der Waals surface area contributed by atoms with Gasteiger partial charge in [-0.2, -0.15) is 4.57 Å². The minimum atomic E-state index is 0. The molecule has 0 unspecified atom stereocenters. The summed E-state index contributed by atoms with van der Waals surface area (Å²) in [5.74, 6) is 0.911. The molecule has 1 heterocycles. The van der Waals surface area contributed by atoms with Crippen LogP contribution in [0.25, 0.3) is 32.9 Å². The first kappa shape index (κ1) is 23.0. The lowest BCUT2D eigenvalue weighted by molar-refractivity contribution is -0.617. The summed E-state index contributed by atoms with van der Waals surface area (Å²) in [5.41, 5.74) is 4.91. The molecule has 152 valence electrons. The normalized spacial score (nSPS) is 10.6. The molecular weight excluding hydrogens is 403 g/mol. The largest absolute Gasteiger partial charge is 1.00 e. The van der Waals surface area contributed by atoms with E-state index in [1.54, 1.807) is 0 Å². The zero-order valence-corrected chi connectivity index (χ0v) is 18.5. The average Bonchev–Trinajstić information content (AvgIpc) is 2.69. The zero-order valence-electron chi connectivity index (χ0n) is 16.9. The smallest absolute Gasteiger partial charge is 0.217 e. The van der Waals surface area contributed by atoms with Gasteiger partial charge in [0.1, 0.15) is 19.4 Å². The standard InChI is InChI=1S/C24H25N2O.2ClH/c1-25(2)15-16-27-19-13-14-21-23(17-19)26(3)22-12-8-7-11-20(22)24(21)18-9-5-4-6-10-18;;/h4-14,17H,15-16H2,1-3H3;2*1H/q+1;;/p-1. The Morgan fingerprint density at radius 1 is 0.828 bits per heavy atom. The van der Waals surface area contributed by atoms with E-state index in [4.69, 9.17) is 4.74 Å². The van der Waals surface area contributed by atoms with Crippen LogP contribution < -0.4 is 21.7 Å². The van der Waals surface area contributed by atoms with Crippen molar-refractivity contribution in [2.24, 2.45) is 7.05 Å². The van der Waals surface area contributed by atoms with Crippen molar-refractivity contribution in [3.8, 4) is 16.9 Å². The molecule has 0 amide bonds. The third-order valence-electron chi connectivity index (χ3n) is 5.00. The van der Waals surface area contributed by atoms with Gasteiger partial charge in [0.05, 0.1) is 16.8 Å². The number of ether oxygens (including phenoxy) is 1. The van der Waals surface area contributed by atoms with Crippen LogP contribution in [0.3, 0.4) is 0 Å². The molecule has 3 nitrogen and oxygen atoms in total. The molecule has 0 spiro atoms. The van der Waals surface area contributed by atoms with E-state index in [1.165, 1.54) is 32.9 Å². The van der Waals surface area contributed by atoms with Crippen LogP contribution in [0.5, 0.6) is 5.75 Å². The fourth-order valence-corrected chi connectivity index (χ4v) is 3.60. The lowest BCUT2D eigenvalue weighted by Gasteiger charge is -2.13. The van der Waals surface area contributed by atoms with Crippen molar-refractivity contribution in [3.05, 3.63) is 72.8 Å². The Balaban J connectivity index is 0.00000150. The molecule has 3 aromatic carbocycles. The number of fused-ring (bicyclic) bond motifs is 2. The predicted molar refractivity (Wildman–Crippen MR) is 119 cm³/mol. The van der Waals surface area contributed by atoms with Gasteiger partial charge in [-0.25, -0.2) is 0 Å². The first-order valence-electron chi connectivity index (χ1n) is 9.32. The molecule has 1 aromatic heterocycles. The van der Waals surface area contributed by atoms with E-state index in [2.05, 4.69) is 103 Å². The molecule has 0 aliphatic heterocycles. The van der Waals surface area contributed by atoms with Crippen molar-refractivity contribution in [2.75, 3.05) is 27.2 Å². The Kier molecular flexibility index (Phi) is 7.86.